The number of pyridine rings is 1. The van der Waals surface area contributed by atoms with Gasteiger partial charge in [0.2, 0.25) is 10.0 Å². The van der Waals surface area contributed by atoms with Crippen molar-refractivity contribution in [3.8, 4) is 22.6 Å². The van der Waals surface area contributed by atoms with Gasteiger partial charge in [0.1, 0.15) is 5.82 Å². The Morgan fingerprint density at radius 1 is 1.22 bits per heavy atom. The third-order valence-electron chi connectivity index (χ3n) is 4.63. The fourth-order valence-corrected chi connectivity index (χ4v) is 4.04. The van der Waals surface area contributed by atoms with Gasteiger partial charge in [-0.15, -0.1) is 12.4 Å². The van der Waals surface area contributed by atoms with Gasteiger partial charge in [-0.2, -0.15) is 4.98 Å². The number of nitrogens with zero attached hydrogens (tertiary/aromatic N) is 3. The minimum Gasteiger partial charge on any atom is -0.389 e. The van der Waals surface area contributed by atoms with Crippen molar-refractivity contribution in [1.82, 2.24) is 19.8 Å². The molecule has 174 valence electrons. The average molecular weight is 482 g/mol. The number of hydrogen-bond donors (Lipinski definition) is 3. The summed E-state index contributed by atoms with van der Waals surface area (Å²) in [5, 5.41) is 13.8. The van der Waals surface area contributed by atoms with Gasteiger partial charge in [-0.25, -0.2) is 18.1 Å². The molecule has 0 amide bonds. The molecule has 0 fully saturated rings. The predicted molar refractivity (Wildman–Crippen MR) is 125 cm³/mol. The van der Waals surface area contributed by atoms with Crippen LogP contribution in [0.25, 0.3) is 22.6 Å². The topological polar surface area (TPSA) is 144 Å². The number of nitrogens with one attached hydrogen (secondary N) is 1. The molecule has 0 saturated heterocycles. The number of halogens is 1. The second-order valence-electron chi connectivity index (χ2n) is 8.38. The van der Waals surface area contributed by atoms with E-state index < -0.39 is 15.6 Å². The summed E-state index contributed by atoms with van der Waals surface area (Å²) in [4.78, 5) is 8.69. The van der Waals surface area contributed by atoms with E-state index in [1.54, 1.807) is 24.4 Å². The molecule has 4 N–H and O–H groups in total. The maximum Gasteiger partial charge on any atom is 0.261 e. The first-order valence-electron chi connectivity index (χ1n) is 9.80. The van der Waals surface area contributed by atoms with Crippen LogP contribution in [-0.2, 0) is 10.0 Å². The Morgan fingerprint density at radius 2 is 1.91 bits per heavy atom. The highest BCUT2D eigenvalue weighted by atomic mass is 35.5. The van der Waals surface area contributed by atoms with E-state index >= 15 is 0 Å². The number of aryl methyl sites for hydroxylation is 1. The molecule has 32 heavy (non-hydrogen) atoms. The Kier molecular flexibility index (Phi) is 7.67. The van der Waals surface area contributed by atoms with Gasteiger partial charge < -0.3 is 15.4 Å². The normalized spacial score (nSPS) is 12.1. The van der Waals surface area contributed by atoms with Gasteiger partial charge in [0.05, 0.1) is 16.1 Å². The monoisotopic (exact) mass is 481 g/mol. The van der Waals surface area contributed by atoms with Crippen LogP contribution in [0.5, 0.6) is 0 Å². The summed E-state index contributed by atoms with van der Waals surface area (Å²) < 4.78 is 33.2. The van der Waals surface area contributed by atoms with E-state index in [1.165, 1.54) is 19.9 Å². The molecule has 0 aliphatic rings. The van der Waals surface area contributed by atoms with E-state index in [0.717, 1.165) is 5.56 Å². The summed E-state index contributed by atoms with van der Waals surface area (Å²) in [6, 6.07) is 6.55. The Balaban J connectivity index is 0.00000363. The molecule has 0 aliphatic heterocycles. The first kappa shape index (κ1) is 25.7. The van der Waals surface area contributed by atoms with E-state index in [9.17, 15) is 13.5 Å². The molecule has 0 spiro atoms. The van der Waals surface area contributed by atoms with Gasteiger partial charge in [0.15, 0.2) is 5.82 Å². The van der Waals surface area contributed by atoms with Gasteiger partial charge in [-0.05, 0) is 50.1 Å². The highest BCUT2D eigenvalue weighted by Crippen LogP contribution is 2.32. The van der Waals surface area contributed by atoms with Crippen molar-refractivity contribution in [3.63, 3.8) is 0 Å². The molecule has 0 unspecified atom stereocenters. The van der Waals surface area contributed by atoms with E-state index in [2.05, 4.69) is 19.8 Å². The molecule has 0 radical (unpaired) electrons. The zero-order valence-corrected chi connectivity index (χ0v) is 20.2. The maximum atomic E-state index is 12.7. The maximum absolute atomic E-state index is 12.7. The zero-order valence-electron chi connectivity index (χ0n) is 18.6. The molecule has 9 nitrogen and oxygen atoms in total. The molecule has 3 rings (SSSR count). The van der Waals surface area contributed by atoms with Gasteiger partial charge in [0, 0.05) is 24.2 Å². The number of aliphatic hydroxyl groups is 1. The smallest absolute Gasteiger partial charge is 0.261 e. The van der Waals surface area contributed by atoms with Crippen molar-refractivity contribution in [3.05, 3.63) is 41.9 Å². The summed E-state index contributed by atoms with van der Waals surface area (Å²) >= 11 is 0. The lowest BCUT2D eigenvalue weighted by Gasteiger charge is -2.18. The van der Waals surface area contributed by atoms with Crippen LogP contribution in [0.15, 0.2) is 39.9 Å². The number of nitrogens with two attached hydrogens (primary N) is 1. The minimum atomic E-state index is -3.81. The number of anilines is 1. The molecular formula is C21H28ClN5O4S. The summed E-state index contributed by atoms with van der Waals surface area (Å²) in [7, 11) is -3.81. The lowest BCUT2D eigenvalue weighted by atomic mass is 10.0. The molecule has 1 aromatic carbocycles. The van der Waals surface area contributed by atoms with Gasteiger partial charge in [-0.1, -0.05) is 25.1 Å². The number of aromatic nitrogens is 3. The van der Waals surface area contributed by atoms with Gasteiger partial charge in [-0.3, -0.25) is 0 Å². The SMILES string of the molecule is Cc1ccc(S(=O)(=O)NCC(C)(C)O)cc1-c1cnc(N)c(-c2nc(C(C)C)no2)c1.Cl. The second kappa shape index (κ2) is 9.53. The Bertz CT molecular complexity index is 1200. The third-order valence-corrected chi connectivity index (χ3v) is 6.03. The zero-order chi connectivity index (χ0) is 23.0. The highest BCUT2D eigenvalue weighted by molar-refractivity contribution is 7.89. The van der Waals surface area contributed by atoms with Crippen LogP contribution in [0.2, 0.25) is 0 Å². The van der Waals surface area contributed by atoms with Crippen LogP contribution in [-0.4, -0.2) is 40.8 Å². The van der Waals surface area contributed by atoms with E-state index in [4.69, 9.17) is 10.3 Å². The Hall–Kier alpha value is -2.53. The van der Waals surface area contributed by atoms with Crippen molar-refractivity contribution in [2.45, 2.75) is 51.0 Å². The van der Waals surface area contributed by atoms with Crippen LogP contribution in [0.1, 0.15) is 45.0 Å². The summed E-state index contributed by atoms with van der Waals surface area (Å²) in [6.07, 6.45) is 1.57. The van der Waals surface area contributed by atoms with Gasteiger partial charge >= 0.3 is 0 Å². The van der Waals surface area contributed by atoms with Gasteiger partial charge in [0.25, 0.3) is 5.89 Å². The van der Waals surface area contributed by atoms with Crippen molar-refractivity contribution in [1.29, 1.82) is 0 Å². The lowest BCUT2D eigenvalue weighted by Crippen LogP contribution is -2.38. The Labute approximate surface area is 193 Å². The molecule has 3 aromatic rings. The van der Waals surface area contributed by atoms with Crippen molar-refractivity contribution < 1.29 is 18.0 Å². The first-order chi connectivity index (χ1) is 14.4. The first-order valence-corrected chi connectivity index (χ1v) is 11.3. The van der Waals surface area contributed by atoms with Crippen LogP contribution in [0, 0.1) is 6.92 Å². The average Bonchev–Trinajstić information content (AvgIpc) is 3.17. The molecular weight excluding hydrogens is 454 g/mol. The minimum absolute atomic E-state index is 0. The van der Waals surface area contributed by atoms with Crippen molar-refractivity contribution in [2.75, 3.05) is 12.3 Å². The number of benzene rings is 1. The summed E-state index contributed by atoms with van der Waals surface area (Å²) in [6.45, 7) is 8.72. The second-order valence-corrected chi connectivity index (χ2v) is 10.1. The fraction of sp³-hybridized carbons (Fsp3) is 0.381. The van der Waals surface area contributed by atoms with E-state index in [0.29, 0.717) is 22.5 Å². The quantitative estimate of drug-likeness (QED) is 0.466. The molecule has 0 bridgehead atoms. The fourth-order valence-electron chi connectivity index (χ4n) is 2.81. The number of sulfonamides is 1. The molecule has 0 aliphatic carbocycles. The van der Waals surface area contributed by atoms with E-state index in [1.807, 2.05) is 20.8 Å². The Morgan fingerprint density at radius 3 is 2.50 bits per heavy atom. The summed E-state index contributed by atoms with van der Waals surface area (Å²) in [5.74, 6) is 1.14. The molecule has 2 aromatic heterocycles. The van der Waals surface area contributed by atoms with E-state index in [-0.39, 0.29) is 41.5 Å². The molecule has 11 heteroatoms. The van der Waals surface area contributed by atoms with Crippen LogP contribution in [0.4, 0.5) is 5.82 Å². The number of rotatable bonds is 7. The molecule has 2 heterocycles. The predicted octanol–water partition coefficient (Wildman–Crippen LogP) is 3.28. The van der Waals surface area contributed by atoms with Crippen molar-refractivity contribution in [2.24, 2.45) is 0 Å². The van der Waals surface area contributed by atoms with Crippen molar-refractivity contribution >= 4 is 28.2 Å². The lowest BCUT2D eigenvalue weighted by molar-refractivity contribution is 0.0857. The van der Waals surface area contributed by atoms with Crippen LogP contribution in [0.3, 0.4) is 0 Å². The summed E-state index contributed by atoms with van der Waals surface area (Å²) in [5.41, 5.74) is 7.52. The third kappa shape index (κ3) is 5.83. The molecule has 0 saturated carbocycles. The molecule has 0 atom stereocenters. The van der Waals surface area contributed by atoms with Crippen LogP contribution < -0.4 is 10.5 Å². The standard InChI is InChI=1S/C21H27N5O4S.ClH/c1-12(2)19-25-20(30-26-19)17-8-14(10-23-18(17)22)16-9-15(7-6-13(16)3)31(28,29)24-11-21(4,5)27;/h6-10,12,24,27H,11H2,1-5H3,(H2,22,23);1H. The number of nitrogen functional groups attached to an aromatic ring is 1. The van der Waals surface area contributed by atoms with Crippen LogP contribution >= 0.6 is 12.4 Å². The highest BCUT2D eigenvalue weighted by Gasteiger charge is 2.21. The number of hydrogen-bond acceptors (Lipinski definition) is 8. The largest absolute Gasteiger partial charge is 0.389 e.